The molecule has 1 aliphatic carbocycles. The molecule has 1 amide bonds. The number of nitrogens with zero attached hydrogens (tertiary/aromatic N) is 2. The van der Waals surface area contributed by atoms with Crippen molar-refractivity contribution in [2.24, 2.45) is 0 Å². The summed E-state index contributed by atoms with van der Waals surface area (Å²) in [7, 11) is 0. The molecule has 0 aliphatic heterocycles. The van der Waals surface area contributed by atoms with Crippen LogP contribution in [0.15, 0.2) is 48.9 Å². The molecular formula is C20H17N5O. The number of amides is 1. The van der Waals surface area contributed by atoms with E-state index in [9.17, 15) is 4.79 Å². The highest BCUT2D eigenvalue weighted by Gasteiger charge is 2.22. The van der Waals surface area contributed by atoms with Crippen LogP contribution in [0.2, 0.25) is 0 Å². The monoisotopic (exact) mass is 343 g/mol. The van der Waals surface area contributed by atoms with Gasteiger partial charge >= 0.3 is 0 Å². The third-order valence-corrected chi connectivity index (χ3v) is 4.98. The fraction of sp³-hybridized carbons (Fsp3) is 0.150. The molecule has 0 radical (unpaired) electrons. The first-order chi connectivity index (χ1) is 12.8. The molecule has 4 aromatic rings. The average Bonchev–Trinajstić information content (AvgIpc) is 3.30. The Labute approximate surface area is 149 Å². The Balaban J connectivity index is 1.45. The van der Waals surface area contributed by atoms with Crippen molar-refractivity contribution in [2.75, 3.05) is 0 Å². The largest absolute Gasteiger partial charge is 0.353 e. The molecule has 1 aromatic carbocycles. The van der Waals surface area contributed by atoms with Crippen molar-refractivity contribution < 1.29 is 4.79 Å². The summed E-state index contributed by atoms with van der Waals surface area (Å²) >= 11 is 0. The standard InChI is InChI=1S/C20H17N5O/c26-20(22-10-12-5-7-21-8-6-12)13-1-3-15-16-4-2-14-11-23-25-18(14)19(16)24-17(15)9-13/h1,3,5-9,11,24H,2,4,10H2,(H,22,26)(H,23,25). The van der Waals surface area contributed by atoms with Gasteiger partial charge < -0.3 is 10.3 Å². The number of carbonyl (C=O) groups is 1. The summed E-state index contributed by atoms with van der Waals surface area (Å²) in [5.74, 6) is -0.0847. The molecule has 0 unspecified atom stereocenters. The minimum absolute atomic E-state index is 0.0847. The van der Waals surface area contributed by atoms with Crippen LogP contribution >= 0.6 is 0 Å². The van der Waals surface area contributed by atoms with Gasteiger partial charge in [-0.2, -0.15) is 5.10 Å². The van der Waals surface area contributed by atoms with Gasteiger partial charge in [-0.25, -0.2) is 0 Å². The lowest BCUT2D eigenvalue weighted by Gasteiger charge is -2.11. The van der Waals surface area contributed by atoms with Gasteiger partial charge in [0.05, 0.1) is 17.6 Å². The molecule has 5 rings (SSSR count). The first-order valence-corrected chi connectivity index (χ1v) is 8.64. The number of rotatable bonds is 3. The number of benzene rings is 1. The van der Waals surface area contributed by atoms with Gasteiger partial charge in [0.2, 0.25) is 0 Å². The zero-order valence-corrected chi connectivity index (χ0v) is 14.0. The van der Waals surface area contributed by atoms with E-state index >= 15 is 0 Å². The van der Waals surface area contributed by atoms with Crippen LogP contribution in [0.25, 0.3) is 22.3 Å². The maximum atomic E-state index is 12.5. The summed E-state index contributed by atoms with van der Waals surface area (Å²) in [6.07, 6.45) is 7.30. The van der Waals surface area contributed by atoms with Crippen molar-refractivity contribution in [3.05, 3.63) is 71.2 Å². The molecule has 0 fully saturated rings. The lowest BCUT2D eigenvalue weighted by Crippen LogP contribution is -2.22. The van der Waals surface area contributed by atoms with Crippen molar-refractivity contribution in [2.45, 2.75) is 19.4 Å². The molecule has 0 atom stereocenters. The number of H-pyrrole nitrogens is 2. The van der Waals surface area contributed by atoms with E-state index in [1.54, 1.807) is 12.4 Å². The maximum Gasteiger partial charge on any atom is 0.251 e. The van der Waals surface area contributed by atoms with Crippen molar-refractivity contribution in [3.63, 3.8) is 0 Å². The summed E-state index contributed by atoms with van der Waals surface area (Å²) in [5.41, 5.74) is 7.33. The summed E-state index contributed by atoms with van der Waals surface area (Å²) in [4.78, 5) is 20.0. The van der Waals surface area contributed by atoms with Crippen LogP contribution in [0.5, 0.6) is 0 Å². The predicted molar refractivity (Wildman–Crippen MR) is 98.7 cm³/mol. The number of hydrogen-bond acceptors (Lipinski definition) is 3. The summed E-state index contributed by atoms with van der Waals surface area (Å²) in [5, 5.41) is 11.4. The van der Waals surface area contributed by atoms with Gasteiger partial charge in [-0.05, 0) is 53.8 Å². The lowest BCUT2D eigenvalue weighted by molar-refractivity contribution is 0.0951. The second-order valence-electron chi connectivity index (χ2n) is 6.55. The molecule has 3 N–H and O–H groups in total. The van der Waals surface area contributed by atoms with Gasteiger partial charge in [0.25, 0.3) is 5.91 Å². The Morgan fingerprint density at radius 1 is 1.12 bits per heavy atom. The molecule has 0 saturated carbocycles. The van der Waals surface area contributed by atoms with Crippen molar-refractivity contribution in [1.82, 2.24) is 25.5 Å². The van der Waals surface area contributed by atoms with E-state index in [1.165, 1.54) is 16.5 Å². The third-order valence-electron chi connectivity index (χ3n) is 4.98. The predicted octanol–water partition coefficient (Wildman–Crippen LogP) is 2.98. The van der Waals surface area contributed by atoms with Gasteiger partial charge in [-0.3, -0.25) is 14.9 Å². The Kier molecular flexibility index (Phi) is 3.35. The first-order valence-electron chi connectivity index (χ1n) is 8.64. The Morgan fingerprint density at radius 3 is 2.88 bits per heavy atom. The van der Waals surface area contributed by atoms with Crippen LogP contribution in [-0.2, 0) is 19.4 Å². The van der Waals surface area contributed by atoms with E-state index in [2.05, 4.69) is 25.5 Å². The number of fused-ring (bicyclic) bond motifs is 5. The fourth-order valence-electron chi connectivity index (χ4n) is 3.63. The van der Waals surface area contributed by atoms with Crippen molar-refractivity contribution in [3.8, 4) is 11.4 Å². The number of pyridine rings is 1. The third kappa shape index (κ3) is 2.38. The zero-order valence-electron chi connectivity index (χ0n) is 14.0. The Hall–Kier alpha value is -3.41. The van der Waals surface area contributed by atoms with E-state index < -0.39 is 0 Å². The van der Waals surface area contributed by atoms with Crippen molar-refractivity contribution >= 4 is 16.8 Å². The number of aromatic nitrogens is 4. The van der Waals surface area contributed by atoms with Crippen molar-refractivity contribution in [1.29, 1.82) is 0 Å². The first kappa shape index (κ1) is 14.9. The number of carbonyl (C=O) groups excluding carboxylic acids is 1. The van der Waals surface area contributed by atoms with E-state index in [0.717, 1.165) is 35.3 Å². The van der Waals surface area contributed by atoms with Gasteiger partial charge in [0.15, 0.2) is 0 Å². The molecule has 6 heteroatoms. The molecular weight excluding hydrogens is 326 g/mol. The van der Waals surface area contributed by atoms with Crippen LogP contribution in [0.4, 0.5) is 0 Å². The molecule has 0 spiro atoms. The minimum Gasteiger partial charge on any atom is -0.353 e. The van der Waals surface area contributed by atoms with Gasteiger partial charge in [-0.15, -0.1) is 0 Å². The normalized spacial score (nSPS) is 12.6. The highest BCUT2D eigenvalue weighted by atomic mass is 16.1. The zero-order chi connectivity index (χ0) is 17.5. The second kappa shape index (κ2) is 5.84. The number of nitrogens with one attached hydrogen (secondary N) is 3. The summed E-state index contributed by atoms with van der Waals surface area (Å²) < 4.78 is 0. The van der Waals surface area contributed by atoms with Gasteiger partial charge in [0, 0.05) is 35.4 Å². The number of hydrogen-bond donors (Lipinski definition) is 3. The average molecular weight is 343 g/mol. The van der Waals surface area contributed by atoms with Crippen LogP contribution in [0, 0.1) is 0 Å². The lowest BCUT2D eigenvalue weighted by atomic mass is 9.94. The highest BCUT2D eigenvalue weighted by Crippen LogP contribution is 2.36. The second-order valence-corrected chi connectivity index (χ2v) is 6.55. The smallest absolute Gasteiger partial charge is 0.251 e. The molecule has 1 aliphatic rings. The molecule has 128 valence electrons. The molecule has 0 bridgehead atoms. The molecule has 0 saturated heterocycles. The minimum atomic E-state index is -0.0847. The summed E-state index contributed by atoms with van der Waals surface area (Å²) in [6.45, 7) is 0.484. The maximum absolute atomic E-state index is 12.5. The van der Waals surface area contributed by atoms with E-state index in [0.29, 0.717) is 12.1 Å². The van der Waals surface area contributed by atoms with E-state index in [-0.39, 0.29) is 5.91 Å². The Bertz CT molecular complexity index is 1110. The molecule has 26 heavy (non-hydrogen) atoms. The molecule has 6 nitrogen and oxygen atoms in total. The van der Waals surface area contributed by atoms with E-state index in [1.807, 2.05) is 36.5 Å². The molecule has 3 heterocycles. The van der Waals surface area contributed by atoms with Crippen LogP contribution in [0.1, 0.15) is 27.0 Å². The topological polar surface area (TPSA) is 86.5 Å². The number of aromatic amines is 2. The van der Waals surface area contributed by atoms with Gasteiger partial charge in [-0.1, -0.05) is 6.07 Å². The summed E-state index contributed by atoms with van der Waals surface area (Å²) in [6, 6.07) is 9.63. The van der Waals surface area contributed by atoms with E-state index in [4.69, 9.17) is 0 Å². The number of aryl methyl sites for hydroxylation is 2. The fourth-order valence-corrected chi connectivity index (χ4v) is 3.63. The molecule has 3 aromatic heterocycles. The highest BCUT2D eigenvalue weighted by molar-refractivity contribution is 6.00. The van der Waals surface area contributed by atoms with Crippen LogP contribution in [0.3, 0.4) is 0 Å². The van der Waals surface area contributed by atoms with Crippen LogP contribution < -0.4 is 5.32 Å². The SMILES string of the molecule is O=C(NCc1ccncc1)c1ccc2c3c([nH]c2c1)-c1[nH]ncc1CC3. The van der Waals surface area contributed by atoms with Crippen LogP contribution in [-0.4, -0.2) is 26.1 Å². The quantitative estimate of drug-likeness (QED) is 0.534. The van der Waals surface area contributed by atoms with Gasteiger partial charge in [0.1, 0.15) is 0 Å². The Morgan fingerprint density at radius 2 is 2.00 bits per heavy atom.